The molecule has 2 aromatic carbocycles. The second-order valence-corrected chi connectivity index (χ2v) is 7.53. The first-order valence-corrected chi connectivity index (χ1v) is 9.55. The lowest BCUT2D eigenvalue weighted by molar-refractivity contribution is -0.577. The first kappa shape index (κ1) is 24.1. The van der Waals surface area contributed by atoms with Crippen LogP contribution in [0.3, 0.4) is 0 Å². The minimum absolute atomic E-state index is 0.0437. The predicted octanol–water partition coefficient (Wildman–Crippen LogP) is 5.89. The van der Waals surface area contributed by atoms with Gasteiger partial charge < -0.3 is 10.5 Å². The minimum Gasteiger partial charge on any atom is -0.618 e. The Bertz CT molecular complexity index is 1230. The number of halogens is 6. The molecule has 0 spiro atoms. The van der Waals surface area contributed by atoms with Crippen molar-refractivity contribution in [2.75, 3.05) is 5.32 Å². The summed E-state index contributed by atoms with van der Waals surface area (Å²) < 4.78 is 83.9. The Balaban J connectivity index is 2.01. The average molecular weight is 468 g/mol. The molecule has 33 heavy (non-hydrogen) atoms. The summed E-state index contributed by atoms with van der Waals surface area (Å²) in [6, 6.07) is 8.60. The number of carbonyl (C=O) groups excluding carboxylic acids is 1. The van der Waals surface area contributed by atoms with E-state index in [9.17, 15) is 36.3 Å². The number of hydrogen-bond donors (Lipinski definition) is 1. The van der Waals surface area contributed by atoms with Gasteiger partial charge in [0.05, 0.1) is 0 Å². The molecular weight excluding hydrogens is 450 g/mol. The molecule has 1 unspecified atom stereocenters. The maximum absolute atomic E-state index is 14.9. The first-order valence-electron chi connectivity index (χ1n) is 9.55. The Labute approximate surface area is 184 Å². The number of rotatable bonds is 5. The van der Waals surface area contributed by atoms with E-state index in [0.717, 1.165) is 0 Å². The highest BCUT2D eigenvalue weighted by atomic mass is 19.4. The fourth-order valence-electron chi connectivity index (χ4n) is 3.57. The fraction of sp³-hybridized carbons (Fsp3) is 0.217. The molecule has 3 aromatic rings. The van der Waals surface area contributed by atoms with Crippen molar-refractivity contribution in [3.05, 3.63) is 88.8 Å². The van der Waals surface area contributed by atoms with Gasteiger partial charge in [0.2, 0.25) is 5.52 Å². The van der Waals surface area contributed by atoms with Crippen LogP contribution in [0.15, 0.2) is 61.3 Å². The molecule has 0 saturated carbocycles. The molecule has 1 N–H and O–H groups in total. The highest BCUT2D eigenvalue weighted by Gasteiger charge is 2.71. The fourth-order valence-corrected chi connectivity index (χ4v) is 3.57. The van der Waals surface area contributed by atoms with E-state index in [1.165, 1.54) is 44.3 Å². The van der Waals surface area contributed by atoms with Gasteiger partial charge in [-0.05, 0) is 49.2 Å². The van der Waals surface area contributed by atoms with Crippen LogP contribution in [0, 0.1) is 19.1 Å². The highest BCUT2D eigenvalue weighted by Crippen LogP contribution is 2.53. The van der Waals surface area contributed by atoms with Crippen molar-refractivity contribution in [2.24, 2.45) is 0 Å². The standard InChI is InChI=1S/C23H18F6N2O2/c1-4-21(24,25)22(26,23(27,28)29)17-10-13(2)19(14(3)11-17)30-20(32)16-7-8-18-15(12-16)6-5-9-31(18)33/h4-12H,1H2,2-3H3,(H,30,32). The summed E-state index contributed by atoms with van der Waals surface area (Å²) in [5.74, 6) is -5.59. The second kappa shape index (κ2) is 8.09. The van der Waals surface area contributed by atoms with Gasteiger partial charge in [0.25, 0.3) is 11.6 Å². The van der Waals surface area contributed by atoms with Crippen LogP contribution in [0.25, 0.3) is 10.9 Å². The van der Waals surface area contributed by atoms with E-state index in [1.807, 2.05) is 0 Å². The van der Waals surface area contributed by atoms with Crippen LogP contribution >= 0.6 is 0 Å². The van der Waals surface area contributed by atoms with Crippen LogP contribution < -0.4 is 10.0 Å². The molecule has 0 aliphatic rings. The number of aromatic nitrogens is 1. The molecule has 1 heterocycles. The number of anilines is 1. The molecule has 0 saturated heterocycles. The van der Waals surface area contributed by atoms with Crippen LogP contribution in [-0.4, -0.2) is 18.0 Å². The number of alkyl halides is 6. The monoisotopic (exact) mass is 468 g/mol. The zero-order valence-electron chi connectivity index (χ0n) is 17.4. The van der Waals surface area contributed by atoms with Crippen LogP contribution in [0.4, 0.5) is 32.0 Å². The third kappa shape index (κ3) is 4.01. The van der Waals surface area contributed by atoms with Gasteiger partial charge in [-0.3, -0.25) is 4.79 Å². The van der Waals surface area contributed by atoms with Gasteiger partial charge in [-0.15, -0.1) is 0 Å². The molecular formula is C23H18F6N2O2. The normalized spacial score (nSPS) is 14.1. The first-order chi connectivity index (χ1) is 15.2. The molecule has 0 fully saturated rings. The molecule has 4 nitrogen and oxygen atoms in total. The van der Waals surface area contributed by atoms with Crippen LogP contribution in [0.1, 0.15) is 27.0 Å². The van der Waals surface area contributed by atoms with E-state index in [-0.39, 0.29) is 28.5 Å². The number of hydrogen-bond acceptors (Lipinski definition) is 2. The third-order valence-corrected chi connectivity index (χ3v) is 5.30. The number of aryl methyl sites for hydroxylation is 2. The van der Waals surface area contributed by atoms with Gasteiger partial charge in [-0.25, -0.2) is 4.39 Å². The molecule has 0 radical (unpaired) electrons. The van der Waals surface area contributed by atoms with E-state index in [4.69, 9.17) is 0 Å². The van der Waals surface area contributed by atoms with Gasteiger partial charge >= 0.3 is 12.1 Å². The van der Waals surface area contributed by atoms with E-state index < -0.39 is 29.2 Å². The smallest absolute Gasteiger partial charge is 0.433 e. The molecule has 3 rings (SSSR count). The molecule has 0 aliphatic heterocycles. The van der Waals surface area contributed by atoms with Gasteiger partial charge in [-0.1, -0.05) is 18.7 Å². The quantitative estimate of drug-likeness (QED) is 0.220. The molecule has 1 amide bonds. The average Bonchev–Trinajstić information content (AvgIpc) is 2.74. The minimum atomic E-state index is -5.93. The Hall–Kier alpha value is -3.56. The Kier molecular flexibility index (Phi) is 5.91. The molecule has 1 aromatic heterocycles. The molecule has 174 valence electrons. The predicted molar refractivity (Wildman–Crippen MR) is 111 cm³/mol. The zero-order chi connectivity index (χ0) is 24.8. The number of carbonyl (C=O) groups is 1. The van der Waals surface area contributed by atoms with Crippen molar-refractivity contribution in [3.8, 4) is 0 Å². The summed E-state index contributed by atoms with van der Waals surface area (Å²) >= 11 is 0. The second-order valence-electron chi connectivity index (χ2n) is 7.53. The van der Waals surface area contributed by atoms with Crippen LogP contribution in [0.5, 0.6) is 0 Å². The number of nitrogens with one attached hydrogen (secondary N) is 1. The molecule has 10 heteroatoms. The molecule has 0 bridgehead atoms. The highest BCUT2D eigenvalue weighted by molar-refractivity contribution is 6.06. The number of nitrogens with zero attached hydrogens (tertiary/aromatic N) is 1. The zero-order valence-corrected chi connectivity index (χ0v) is 17.4. The summed E-state index contributed by atoms with van der Waals surface area (Å²) in [6.07, 6.45) is -5.03. The lowest BCUT2D eigenvalue weighted by Crippen LogP contribution is -2.51. The summed E-state index contributed by atoms with van der Waals surface area (Å²) in [4.78, 5) is 12.7. The van der Waals surface area contributed by atoms with Crippen molar-refractivity contribution in [1.82, 2.24) is 0 Å². The Morgan fingerprint density at radius 1 is 1.03 bits per heavy atom. The van der Waals surface area contributed by atoms with Crippen LogP contribution in [-0.2, 0) is 5.67 Å². The van der Waals surface area contributed by atoms with Crippen molar-refractivity contribution in [3.63, 3.8) is 0 Å². The maximum Gasteiger partial charge on any atom is 0.433 e. The Morgan fingerprint density at radius 3 is 2.18 bits per heavy atom. The maximum atomic E-state index is 14.9. The van der Waals surface area contributed by atoms with E-state index in [2.05, 4.69) is 11.9 Å². The van der Waals surface area contributed by atoms with Crippen molar-refractivity contribution in [1.29, 1.82) is 0 Å². The van der Waals surface area contributed by atoms with Crippen LogP contribution in [0.2, 0.25) is 0 Å². The third-order valence-electron chi connectivity index (χ3n) is 5.30. The van der Waals surface area contributed by atoms with E-state index >= 15 is 0 Å². The topological polar surface area (TPSA) is 56.0 Å². The number of pyridine rings is 1. The van der Waals surface area contributed by atoms with Gasteiger partial charge in [0, 0.05) is 34.3 Å². The largest absolute Gasteiger partial charge is 0.618 e. The van der Waals surface area contributed by atoms with Gasteiger partial charge in [0.1, 0.15) is 0 Å². The summed E-state index contributed by atoms with van der Waals surface area (Å²) in [6.45, 7) is 5.15. The van der Waals surface area contributed by atoms with Crippen molar-refractivity contribution in [2.45, 2.75) is 31.6 Å². The number of fused-ring (bicyclic) bond motifs is 1. The molecule has 1 atom stereocenters. The SMILES string of the molecule is C=CC(F)(F)C(F)(c1cc(C)c(NC(=O)c2ccc3c(ccc[n+]3[O-])c2)c(C)c1)C(F)(F)F. The Morgan fingerprint density at radius 2 is 1.64 bits per heavy atom. The lowest BCUT2D eigenvalue weighted by atomic mass is 9.85. The number of amides is 1. The van der Waals surface area contributed by atoms with Gasteiger partial charge in [0.15, 0.2) is 6.20 Å². The number of benzene rings is 2. The summed E-state index contributed by atoms with van der Waals surface area (Å²) in [7, 11) is 0. The van der Waals surface area contributed by atoms with Crippen molar-refractivity contribution >= 4 is 22.5 Å². The van der Waals surface area contributed by atoms with E-state index in [1.54, 1.807) is 6.07 Å². The number of allylic oxidation sites excluding steroid dienone is 1. The summed E-state index contributed by atoms with van der Waals surface area (Å²) in [5.41, 5.74) is -5.91. The van der Waals surface area contributed by atoms with Gasteiger partial charge in [-0.2, -0.15) is 26.7 Å². The van der Waals surface area contributed by atoms with Crippen molar-refractivity contribution < 1.29 is 35.9 Å². The molecule has 0 aliphatic carbocycles. The summed E-state index contributed by atoms with van der Waals surface area (Å²) in [5, 5.41) is 14.7. The lowest BCUT2D eigenvalue weighted by Gasteiger charge is -2.34. The van der Waals surface area contributed by atoms with E-state index in [0.29, 0.717) is 27.8 Å².